The van der Waals surface area contributed by atoms with E-state index in [1.54, 1.807) is 14.0 Å². The summed E-state index contributed by atoms with van der Waals surface area (Å²) in [5.74, 6) is 0.902. The normalized spacial score (nSPS) is 17.2. The molecule has 1 aliphatic rings. The number of thiophene rings is 1. The molecule has 1 heterocycles. The molecule has 0 atom stereocenters. The van der Waals surface area contributed by atoms with Gasteiger partial charge in [-0.2, -0.15) is 0 Å². The molecule has 1 fully saturated rings. The van der Waals surface area contributed by atoms with Gasteiger partial charge >= 0.3 is 0 Å². The third-order valence-electron chi connectivity index (χ3n) is 5.02. The standard InChI is InChI=1S/C18H32N4O2S2.HI/c1-3-26(23,24)22-13-8-12-20-17(19-2)21-15-18(10-5-4-6-11-18)16-9-7-14-25-16;/h7,9,14,22H,3-6,8,10-13,15H2,1-2H3,(H2,19,20,21);1H. The van der Waals surface area contributed by atoms with Crippen LogP contribution in [0.4, 0.5) is 0 Å². The zero-order valence-electron chi connectivity index (χ0n) is 16.3. The fraction of sp³-hybridized carbons (Fsp3) is 0.722. The molecular weight excluding hydrogens is 495 g/mol. The van der Waals surface area contributed by atoms with Crippen LogP contribution in [-0.2, 0) is 15.4 Å². The molecule has 0 aromatic carbocycles. The molecule has 0 amide bonds. The number of aliphatic imine (C=N–C) groups is 1. The van der Waals surface area contributed by atoms with Gasteiger partial charge in [-0.1, -0.05) is 25.3 Å². The van der Waals surface area contributed by atoms with E-state index in [2.05, 4.69) is 37.9 Å². The van der Waals surface area contributed by atoms with Crippen LogP contribution in [0.1, 0.15) is 50.3 Å². The van der Waals surface area contributed by atoms with Crippen molar-refractivity contribution in [2.24, 2.45) is 4.99 Å². The Labute approximate surface area is 185 Å². The van der Waals surface area contributed by atoms with Gasteiger partial charge in [-0.3, -0.25) is 4.99 Å². The average molecular weight is 529 g/mol. The van der Waals surface area contributed by atoms with Crippen LogP contribution in [0, 0.1) is 0 Å². The second-order valence-electron chi connectivity index (χ2n) is 6.82. The first-order valence-corrected chi connectivity index (χ1v) is 12.0. The van der Waals surface area contributed by atoms with Gasteiger partial charge in [-0.25, -0.2) is 13.1 Å². The van der Waals surface area contributed by atoms with E-state index < -0.39 is 10.0 Å². The van der Waals surface area contributed by atoms with Crippen molar-refractivity contribution >= 4 is 51.3 Å². The minimum atomic E-state index is -3.11. The fourth-order valence-corrected chi connectivity index (χ4v) is 5.06. The molecule has 1 aromatic heterocycles. The molecule has 0 aliphatic heterocycles. The number of nitrogens with one attached hydrogen (secondary N) is 3. The van der Waals surface area contributed by atoms with Crippen molar-refractivity contribution < 1.29 is 8.42 Å². The van der Waals surface area contributed by atoms with Crippen LogP contribution >= 0.6 is 35.3 Å². The maximum Gasteiger partial charge on any atom is 0.211 e. The van der Waals surface area contributed by atoms with Gasteiger partial charge in [0.25, 0.3) is 0 Å². The lowest BCUT2D eigenvalue weighted by molar-refractivity contribution is 0.296. The predicted octanol–water partition coefficient (Wildman–Crippen LogP) is 3.06. The Balaban J connectivity index is 0.00000364. The van der Waals surface area contributed by atoms with E-state index in [9.17, 15) is 8.42 Å². The van der Waals surface area contributed by atoms with Gasteiger partial charge in [0.15, 0.2) is 5.96 Å². The summed E-state index contributed by atoms with van der Waals surface area (Å²) >= 11 is 1.85. The number of guanidine groups is 1. The number of hydrogen-bond donors (Lipinski definition) is 3. The molecule has 2 rings (SSSR count). The summed E-state index contributed by atoms with van der Waals surface area (Å²) in [5, 5.41) is 8.94. The molecule has 9 heteroatoms. The van der Waals surface area contributed by atoms with E-state index >= 15 is 0 Å². The molecular formula is C18H33IN4O2S2. The van der Waals surface area contributed by atoms with Crippen LogP contribution < -0.4 is 15.4 Å². The van der Waals surface area contributed by atoms with Crippen molar-refractivity contribution in [3.63, 3.8) is 0 Å². The molecule has 27 heavy (non-hydrogen) atoms. The highest BCUT2D eigenvalue weighted by atomic mass is 127. The van der Waals surface area contributed by atoms with Crippen molar-refractivity contribution in [3.8, 4) is 0 Å². The zero-order valence-corrected chi connectivity index (χ0v) is 20.3. The zero-order chi connectivity index (χ0) is 18.9. The van der Waals surface area contributed by atoms with E-state index in [-0.39, 0.29) is 35.1 Å². The quantitative estimate of drug-likeness (QED) is 0.199. The Bertz CT molecular complexity index is 657. The Morgan fingerprint density at radius 1 is 1.22 bits per heavy atom. The third kappa shape index (κ3) is 7.86. The number of sulfonamides is 1. The first-order valence-electron chi connectivity index (χ1n) is 9.47. The van der Waals surface area contributed by atoms with Crippen molar-refractivity contribution in [3.05, 3.63) is 22.4 Å². The molecule has 3 N–H and O–H groups in total. The van der Waals surface area contributed by atoms with Crippen LogP contribution in [-0.4, -0.2) is 46.8 Å². The maximum atomic E-state index is 11.4. The first-order chi connectivity index (χ1) is 12.5. The molecule has 1 aliphatic carbocycles. The second-order valence-corrected chi connectivity index (χ2v) is 9.87. The lowest BCUT2D eigenvalue weighted by atomic mass is 9.73. The summed E-state index contributed by atoms with van der Waals surface area (Å²) in [4.78, 5) is 5.77. The summed E-state index contributed by atoms with van der Waals surface area (Å²) in [6, 6.07) is 4.40. The largest absolute Gasteiger partial charge is 0.356 e. The van der Waals surface area contributed by atoms with Gasteiger partial charge in [-0.05, 0) is 37.6 Å². The molecule has 156 valence electrons. The lowest BCUT2D eigenvalue weighted by Crippen LogP contribution is -2.46. The van der Waals surface area contributed by atoms with Crippen molar-refractivity contribution in [1.29, 1.82) is 0 Å². The molecule has 0 unspecified atom stereocenters. The topological polar surface area (TPSA) is 82.6 Å². The van der Waals surface area contributed by atoms with Gasteiger partial charge in [0.05, 0.1) is 5.75 Å². The monoisotopic (exact) mass is 528 g/mol. The highest BCUT2D eigenvalue weighted by Crippen LogP contribution is 2.41. The van der Waals surface area contributed by atoms with Crippen molar-refractivity contribution in [2.45, 2.75) is 50.9 Å². The highest BCUT2D eigenvalue weighted by Gasteiger charge is 2.34. The lowest BCUT2D eigenvalue weighted by Gasteiger charge is -2.37. The van der Waals surface area contributed by atoms with E-state index in [1.165, 1.54) is 37.0 Å². The fourth-order valence-electron chi connectivity index (χ4n) is 3.42. The first kappa shape index (κ1) is 24.6. The number of rotatable bonds is 9. The third-order valence-corrected chi connectivity index (χ3v) is 7.54. The summed E-state index contributed by atoms with van der Waals surface area (Å²) < 4.78 is 25.4. The van der Waals surface area contributed by atoms with E-state index in [0.717, 1.165) is 18.9 Å². The molecule has 0 spiro atoms. The van der Waals surface area contributed by atoms with E-state index in [0.29, 0.717) is 13.1 Å². The number of halogens is 1. The minimum Gasteiger partial charge on any atom is -0.356 e. The van der Waals surface area contributed by atoms with Gasteiger partial charge in [0, 0.05) is 37.0 Å². The van der Waals surface area contributed by atoms with E-state index in [4.69, 9.17) is 0 Å². The Morgan fingerprint density at radius 2 is 1.96 bits per heavy atom. The van der Waals surface area contributed by atoms with Gasteiger partial charge in [-0.15, -0.1) is 35.3 Å². The Morgan fingerprint density at radius 3 is 2.56 bits per heavy atom. The smallest absolute Gasteiger partial charge is 0.211 e. The van der Waals surface area contributed by atoms with Crippen LogP contribution in [0.5, 0.6) is 0 Å². The summed E-state index contributed by atoms with van der Waals surface area (Å²) in [7, 11) is -1.33. The SMILES string of the molecule is CCS(=O)(=O)NCCCNC(=NC)NCC1(c2cccs2)CCCCC1.I. The van der Waals surface area contributed by atoms with Gasteiger partial charge < -0.3 is 10.6 Å². The summed E-state index contributed by atoms with van der Waals surface area (Å²) in [6.45, 7) is 3.65. The molecule has 1 aromatic rings. The highest BCUT2D eigenvalue weighted by molar-refractivity contribution is 14.0. The number of hydrogen-bond acceptors (Lipinski definition) is 4. The summed E-state index contributed by atoms with van der Waals surface area (Å²) in [6.07, 6.45) is 7.04. The maximum absolute atomic E-state index is 11.4. The van der Waals surface area contributed by atoms with Crippen LogP contribution in [0.3, 0.4) is 0 Å². The van der Waals surface area contributed by atoms with Crippen molar-refractivity contribution in [1.82, 2.24) is 15.4 Å². The van der Waals surface area contributed by atoms with Crippen LogP contribution in [0.2, 0.25) is 0 Å². The van der Waals surface area contributed by atoms with Crippen LogP contribution in [0.25, 0.3) is 0 Å². The number of nitrogens with zero attached hydrogens (tertiary/aromatic N) is 1. The van der Waals surface area contributed by atoms with Crippen LogP contribution in [0.15, 0.2) is 22.5 Å². The summed E-state index contributed by atoms with van der Waals surface area (Å²) in [5.41, 5.74) is 0.209. The molecule has 0 saturated heterocycles. The van der Waals surface area contributed by atoms with Crippen molar-refractivity contribution in [2.75, 3.05) is 32.4 Å². The van der Waals surface area contributed by atoms with E-state index in [1.807, 2.05) is 11.3 Å². The minimum absolute atomic E-state index is 0. The Hall–Kier alpha value is -0.390. The molecule has 6 nitrogen and oxygen atoms in total. The van der Waals surface area contributed by atoms with Gasteiger partial charge in [0.2, 0.25) is 10.0 Å². The average Bonchev–Trinajstić information content (AvgIpc) is 3.20. The predicted molar refractivity (Wildman–Crippen MR) is 126 cm³/mol. The van der Waals surface area contributed by atoms with Gasteiger partial charge in [0.1, 0.15) is 0 Å². The molecule has 1 saturated carbocycles. The Kier molecular flexibility index (Phi) is 11.2. The molecule has 0 bridgehead atoms. The second kappa shape index (κ2) is 12.2. The molecule has 0 radical (unpaired) electrons.